The van der Waals surface area contributed by atoms with E-state index < -0.39 is 0 Å². The highest BCUT2D eigenvalue weighted by atomic mass is 16.5. The van der Waals surface area contributed by atoms with Gasteiger partial charge in [0.05, 0.1) is 6.10 Å². The van der Waals surface area contributed by atoms with Crippen molar-refractivity contribution in [2.45, 2.75) is 44.2 Å². The van der Waals surface area contributed by atoms with E-state index in [0.29, 0.717) is 31.1 Å². The third-order valence-electron chi connectivity index (χ3n) is 4.50. The molecule has 0 unspecified atom stereocenters. The summed E-state index contributed by atoms with van der Waals surface area (Å²) in [7, 11) is 0. The van der Waals surface area contributed by atoms with Gasteiger partial charge in [-0.15, -0.1) is 0 Å². The number of aromatic nitrogens is 2. The lowest BCUT2D eigenvalue weighted by atomic mass is 10.1. The predicted octanol–water partition coefficient (Wildman–Crippen LogP) is 1.02. The standard InChI is InChI=1S/C16H25N5O2/c17-12-4-6-21(7-5-12)16(22)14-9-15(20-11-19-14)18-10-13-3-1-2-8-23-13/h9,11-13H,1-8,10,17H2,(H,18,19,20)/t13-/m1/s1. The van der Waals surface area contributed by atoms with Gasteiger partial charge in [-0.2, -0.15) is 0 Å². The number of likely N-dealkylation sites (tertiary alicyclic amines) is 1. The molecule has 0 spiro atoms. The quantitative estimate of drug-likeness (QED) is 0.860. The summed E-state index contributed by atoms with van der Waals surface area (Å²) < 4.78 is 5.69. The molecule has 1 atom stereocenters. The van der Waals surface area contributed by atoms with Crippen LogP contribution in [0.4, 0.5) is 5.82 Å². The van der Waals surface area contributed by atoms with E-state index in [1.54, 1.807) is 6.07 Å². The number of hydrogen-bond acceptors (Lipinski definition) is 6. The third-order valence-corrected chi connectivity index (χ3v) is 4.50. The number of piperidine rings is 1. The second-order valence-corrected chi connectivity index (χ2v) is 6.29. The minimum atomic E-state index is -0.0451. The lowest BCUT2D eigenvalue weighted by Crippen LogP contribution is -2.43. The van der Waals surface area contributed by atoms with Crippen molar-refractivity contribution >= 4 is 11.7 Å². The molecule has 2 fully saturated rings. The summed E-state index contributed by atoms with van der Waals surface area (Å²) in [5.41, 5.74) is 6.32. The van der Waals surface area contributed by atoms with Gasteiger partial charge in [0.25, 0.3) is 5.91 Å². The first kappa shape index (κ1) is 16.1. The Labute approximate surface area is 136 Å². The summed E-state index contributed by atoms with van der Waals surface area (Å²) in [5.74, 6) is 0.627. The average Bonchev–Trinajstić information content (AvgIpc) is 2.61. The summed E-state index contributed by atoms with van der Waals surface area (Å²) in [6.45, 7) is 2.94. The van der Waals surface area contributed by atoms with Crippen LogP contribution < -0.4 is 11.1 Å². The Morgan fingerprint density at radius 3 is 2.87 bits per heavy atom. The van der Waals surface area contributed by atoms with Crippen LogP contribution in [-0.2, 0) is 4.74 Å². The zero-order valence-electron chi connectivity index (χ0n) is 13.4. The Kier molecular flexibility index (Phi) is 5.40. The molecule has 0 saturated carbocycles. The third kappa shape index (κ3) is 4.39. The van der Waals surface area contributed by atoms with E-state index in [1.165, 1.54) is 12.7 Å². The van der Waals surface area contributed by atoms with E-state index in [0.717, 1.165) is 32.3 Å². The molecular weight excluding hydrogens is 294 g/mol. The van der Waals surface area contributed by atoms with Crippen LogP contribution in [0.25, 0.3) is 0 Å². The molecule has 0 aromatic carbocycles. The van der Waals surface area contributed by atoms with Crippen molar-refractivity contribution in [3.8, 4) is 0 Å². The van der Waals surface area contributed by atoms with E-state index in [-0.39, 0.29) is 18.1 Å². The number of ether oxygens (including phenoxy) is 1. The van der Waals surface area contributed by atoms with Crippen molar-refractivity contribution in [3.05, 3.63) is 18.1 Å². The molecule has 0 aliphatic carbocycles. The Balaban J connectivity index is 1.57. The zero-order valence-corrected chi connectivity index (χ0v) is 13.4. The molecule has 0 bridgehead atoms. The maximum atomic E-state index is 12.5. The van der Waals surface area contributed by atoms with Crippen molar-refractivity contribution in [2.75, 3.05) is 31.6 Å². The SMILES string of the molecule is NC1CCN(C(=O)c2cc(NC[C@H]3CCCCO3)ncn2)CC1. The maximum Gasteiger partial charge on any atom is 0.272 e. The smallest absolute Gasteiger partial charge is 0.272 e. The number of nitrogens with one attached hydrogen (secondary N) is 1. The van der Waals surface area contributed by atoms with Gasteiger partial charge in [-0.3, -0.25) is 4.79 Å². The first-order valence-corrected chi connectivity index (χ1v) is 8.45. The number of anilines is 1. The molecule has 2 saturated heterocycles. The average molecular weight is 319 g/mol. The molecule has 1 aromatic heterocycles. The molecule has 7 heteroatoms. The second kappa shape index (κ2) is 7.70. The minimum absolute atomic E-state index is 0.0451. The highest BCUT2D eigenvalue weighted by molar-refractivity contribution is 5.92. The number of carbonyl (C=O) groups excluding carboxylic acids is 1. The van der Waals surface area contributed by atoms with Gasteiger partial charge in [-0.05, 0) is 32.1 Å². The number of amides is 1. The number of rotatable bonds is 4. The first-order chi connectivity index (χ1) is 11.2. The Hall–Kier alpha value is -1.73. The second-order valence-electron chi connectivity index (χ2n) is 6.29. The van der Waals surface area contributed by atoms with Gasteiger partial charge in [-0.1, -0.05) is 0 Å². The zero-order chi connectivity index (χ0) is 16.1. The molecular formula is C16H25N5O2. The fourth-order valence-corrected chi connectivity index (χ4v) is 3.02. The van der Waals surface area contributed by atoms with E-state index in [2.05, 4.69) is 15.3 Å². The molecule has 2 aliphatic heterocycles. The van der Waals surface area contributed by atoms with Gasteiger partial charge in [0.15, 0.2) is 0 Å². The lowest BCUT2D eigenvalue weighted by molar-refractivity contribution is 0.0247. The highest BCUT2D eigenvalue weighted by Gasteiger charge is 2.23. The van der Waals surface area contributed by atoms with Gasteiger partial charge >= 0.3 is 0 Å². The fraction of sp³-hybridized carbons (Fsp3) is 0.688. The molecule has 2 aliphatic rings. The van der Waals surface area contributed by atoms with Crippen LogP contribution in [0.5, 0.6) is 0 Å². The molecule has 3 rings (SSSR count). The van der Waals surface area contributed by atoms with Crippen molar-refractivity contribution in [2.24, 2.45) is 5.73 Å². The molecule has 7 nitrogen and oxygen atoms in total. The lowest BCUT2D eigenvalue weighted by Gasteiger charge is -2.29. The molecule has 126 valence electrons. The molecule has 23 heavy (non-hydrogen) atoms. The summed E-state index contributed by atoms with van der Waals surface area (Å²) in [5, 5.41) is 3.25. The molecule has 3 heterocycles. The number of carbonyl (C=O) groups is 1. The number of nitrogens with zero attached hydrogens (tertiary/aromatic N) is 3. The van der Waals surface area contributed by atoms with Crippen molar-refractivity contribution < 1.29 is 9.53 Å². The van der Waals surface area contributed by atoms with Gasteiger partial charge in [0.2, 0.25) is 0 Å². The van der Waals surface area contributed by atoms with Crippen LogP contribution in [-0.4, -0.2) is 59.2 Å². The normalized spacial score (nSPS) is 22.8. The monoisotopic (exact) mass is 319 g/mol. The van der Waals surface area contributed by atoms with Crippen molar-refractivity contribution in [1.29, 1.82) is 0 Å². The van der Waals surface area contributed by atoms with Crippen LogP contribution in [0.15, 0.2) is 12.4 Å². The van der Waals surface area contributed by atoms with Gasteiger partial charge in [0, 0.05) is 38.3 Å². The van der Waals surface area contributed by atoms with Crippen LogP contribution >= 0.6 is 0 Å². The number of hydrogen-bond donors (Lipinski definition) is 2. The first-order valence-electron chi connectivity index (χ1n) is 8.45. The maximum absolute atomic E-state index is 12.5. The summed E-state index contributed by atoms with van der Waals surface area (Å²) in [4.78, 5) is 22.6. The van der Waals surface area contributed by atoms with Crippen LogP contribution in [0.2, 0.25) is 0 Å². The van der Waals surface area contributed by atoms with Gasteiger partial charge < -0.3 is 20.7 Å². The fourth-order valence-electron chi connectivity index (χ4n) is 3.02. The minimum Gasteiger partial charge on any atom is -0.376 e. The Morgan fingerprint density at radius 1 is 1.30 bits per heavy atom. The molecule has 1 amide bonds. The van der Waals surface area contributed by atoms with E-state index in [1.807, 2.05) is 4.90 Å². The highest BCUT2D eigenvalue weighted by Crippen LogP contribution is 2.15. The summed E-state index contributed by atoms with van der Waals surface area (Å²) in [6, 6.07) is 1.93. The topological polar surface area (TPSA) is 93.4 Å². The summed E-state index contributed by atoms with van der Waals surface area (Å²) >= 11 is 0. The largest absolute Gasteiger partial charge is 0.376 e. The Morgan fingerprint density at radius 2 is 2.13 bits per heavy atom. The summed E-state index contributed by atoms with van der Waals surface area (Å²) in [6.07, 6.45) is 6.77. The predicted molar refractivity (Wildman–Crippen MR) is 87.2 cm³/mol. The molecule has 3 N–H and O–H groups in total. The number of nitrogens with two attached hydrogens (primary N) is 1. The van der Waals surface area contributed by atoms with Crippen molar-refractivity contribution in [3.63, 3.8) is 0 Å². The van der Waals surface area contributed by atoms with E-state index in [4.69, 9.17) is 10.5 Å². The van der Waals surface area contributed by atoms with Crippen LogP contribution in [0, 0.1) is 0 Å². The van der Waals surface area contributed by atoms with Crippen LogP contribution in [0.3, 0.4) is 0 Å². The Bertz CT molecular complexity index is 525. The van der Waals surface area contributed by atoms with Crippen molar-refractivity contribution in [1.82, 2.24) is 14.9 Å². The van der Waals surface area contributed by atoms with E-state index in [9.17, 15) is 4.79 Å². The van der Waals surface area contributed by atoms with E-state index >= 15 is 0 Å². The van der Waals surface area contributed by atoms with Gasteiger partial charge in [-0.25, -0.2) is 9.97 Å². The molecule has 1 aromatic rings. The van der Waals surface area contributed by atoms with Gasteiger partial charge in [0.1, 0.15) is 17.8 Å². The molecule has 0 radical (unpaired) electrons. The van der Waals surface area contributed by atoms with Crippen LogP contribution in [0.1, 0.15) is 42.6 Å².